The third-order valence-corrected chi connectivity index (χ3v) is 2.03. The summed E-state index contributed by atoms with van der Waals surface area (Å²) in [4.78, 5) is 11.4. The van der Waals surface area contributed by atoms with Crippen molar-refractivity contribution in [2.24, 2.45) is 0 Å². The Balaban J connectivity index is 3.88. The van der Waals surface area contributed by atoms with Crippen molar-refractivity contribution in [2.75, 3.05) is 13.7 Å². The van der Waals surface area contributed by atoms with Crippen LogP contribution >= 0.6 is 0 Å². The lowest BCUT2D eigenvalue weighted by Crippen LogP contribution is -2.45. The van der Waals surface area contributed by atoms with E-state index in [1.54, 1.807) is 13.8 Å². The van der Waals surface area contributed by atoms with E-state index in [1.807, 2.05) is 6.92 Å². The molecule has 0 aliphatic heterocycles. The SMILES string of the molecule is CCC(O)CNC(=O)C(C)(C)OC. The van der Waals surface area contributed by atoms with Crippen molar-refractivity contribution in [1.29, 1.82) is 0 Å². The van der Waals surface area contributed by atoms with Crippen LogP contribution in [0, 0.1) is 0 Å². The topological polar surface area (TPSA) is 58.6 Å². The van der Waals surface area contributed by atoms with Crippen LogP contribution in [-0.2, 0) is 9.53 Å². The van der Waals surface area contributed by atoms with Gasteiger partial charge in [0.15, 0.2) is 0 Å². The molecule has 1 amide bonds. The quantitative estimate of drug-likeness (QED) is 0.654. The smallest absolute Gasteiger partial charge is 0.251 e. The molecule has 78 valence electrons. The molecule has 0 fully saturated rings. The Hall–Kier alpha value is -0.610. The number of methoxy groups -OCH3 is 1. The van der Waals surface area contributed by atoms with E-state index in [0.29, 0.717) is 6.42 Å². The van der Waals surface area contributed by atoms with Crippen molar-refractivity contribution in [2.45, 2.75) is 38.9 Å². The Morgan fingerprint density at radius 3 is 2.54 bits per heavy atom. The number of rotatable bonds is 5. The van der Waals surface area contributed by atoms with Crippen LogP contribution in [0.5, 0.6) is 0 Å². The van der Waals surface area contributed by atoms with E-state index in [2.05, 4.69) is 5.32 Å². The summed E-state index contributed by atoms with van der Waals surface area (Å²) >= 11 is 0. The number of amides is 1. The molecule has 1 unspecified atom stereocenters. The maximum absolute atomic E-state index is 11.4. The normalized spacial score (nSPS) is 13.9. The molecule has 1 atom stereocenters. The van der Waals surface area contributed by atoms with Crippen LogP contribution in [0.2, 0.25) is 0 Å². The fourth-order valence-corrected chi connectivity index (χ4v) is 0.660. The maximum Gasteiger partial charge on any atom is 0.251 e. The van der Waals surface area contributed by atoms with Gasteiger partial charge in [0.2, 0.25) is 0 Å². The van der Waals surface area contributed by atoms with E-state index < -0.39 is 11.7 Å². The molecular formula is C9H19NO3. The van der Waals surface area contributed by atoms with Gasteiger partial charge in [-0.15, -0.1) is 0 Å². The molecule has 4 nitrogen and oxygen atoms in total. The second-order valence-electron chi connectivity index (χ2n) is 3.49. The number of nitrogens with one attached hydrogen (secondary N) is 1. The molecule has 4 heteroatoms. The molecule has 13 heavy (non-hydrogen) atoms. The number of hydrogen-bond donors (Lipinski definition) is 2. The molecule has 0 heterocycles. The molecule has 0 saturated heterocycles. The van der Waals surface area contributed by atoms with E-state index in [1.165, 1.54) is 7.11 Å². The van der Waals surface area contributed by atoms with Gasteiger partial charge in [0.05, 0.1) is 6.10 Å². The average Bonchev–Trinajstić information content (AvgIpc) is 2.13. The summed E-state index contributed by atoms with van der Waals surface area (Å²) in [7, 11) is 1.48. The molecule has 0 bridgehead atoms. The van der Waals surface area contributed by atoms with E-state index in [-0.39, 0.29) is 12.5 Å². The van der Waals surface area contributed by atoms with Gasteiger partial charge in [-0.1, -0.05) is 6.92 Å². The molecule has 0 aromatic rings. The third kappa shape index (κ3) is 4.24. The lowest BCUT2D eigenvalue weighted by atomic mass is 10.1. The van der Waals surface area contributed by atoms with E-state index in [9.17, 15) is 9.90 Å². The molecule has 0 aliphatic rings. The number of hydrogen-bond acceptors (Lipinski definition) is 3. The predicted octanol–water partition coefficient (Wildman–Crippen LogP) is 0.298. The monoisotopic (exact) mass is 189 g/mol. The number of carbonyl (C=O) groups excluding carboxylic acids is 1. The molecule has 2 N–H and O–H groups in total. The molecule has 0 aliphatic carbocycles. The Kier molecular flexibility index (Phi) is 4.95. The second kappa shape index (κ2) is 5.19. The first-order chi connectivity index (χ1) is 5.94. The molecular weight excluding hydrogens is 170 g/mol. The Morgan fingerprint density at radius 1 is 1.62 bits per heavy atom. The largest absolute Gasteiger partial charge is 0.391 e. The molecule has 0 aromatic carbocycles. The molecule has 0 saturated carbocycles. The Labute approximate surface area is 79.3 Å². The van der Waals surface area contributed by atoms with Gasteiger partial charge in [-0.2, -0.15) is 0 Å². The van der Waals surface area contributed by atoms with Crippen molar-refractivity contribution in [3.8, 4) is 0 Å². The molecule has 0 rings (SSSR count). The first-order valence-electron chi connectivity index (χ1n) is 4.45. The zero-order chi connectivity index (χ0) is 10.5. The van der Waals surface area contributed by atoms with Gasteiger partial charge in [-0.25, -0.2) is 0 Å². The van der Waals surface area contributed by atoms with Gasteiger partial charge >= 0.3 is 0 Å². The third-order valence-electron chi connectivity index (χ3n) is 2.03. The van der Waals surface area contributed by atoms with Gasteiger partial charge in [0.1, 0.15) is 5.60 Å². The molecule has 0 radical (unpaired) electrons. The predicted molar refractivity (Wildman–Crippen MR) is 50.4 cm³/mol. The minimum atomic E-state index is -0.826. The van der Waals surface area contributed by atoms with Crippen LogP contribution in [-0.4, -0.2) is 36.4 Å². The summed E-state index contributed by atoms with van der Waals surface area (Å²) in [6, 6.07) is 0. The maximum atomic E-state index is 11.4. The summed E-state index contributed by atoms with van der Waals surface area (Å²) in [5, 5.41) is 11.8. The van der Waals surface area contributed by atoms with Gasteiger partial charge < -0.3 is 15.2 Å². The minimum Gasteiger partial charge on any atom is -0.391 e. The van der Waals surface area contributed by atoms with Crippen molar-refractivity contribution in [1.82, 2.24) is 5.32 Å². The van der Waals surface area contributed by atoms with E-state index in [4.69, 9.17) is 4.74 Å². The summed E-state index contributed by atoms with van der Waals surface area (Å²) < 4.78 is 4.97. The highest BCUT2D eigenvalue weighted by molar-refractivity contribution is 5.84. The fraction of sp³-hybridized carbons (Fsp3) is 0.889. The summed E-state index contributed by atoms with van der Waals surface area (Å²) in [6.07, 6.45) is 0.157. The Morgan fingerprint density at radius 2 is 2.15 bits per heavy atom. The summed E-state index contributed by atoms with van der Waals surface area (Å²) in [5.74, 6) is -0.206. The van der Waals surface area contributed by atoms with Crippen molar-refractivity contribution in [3.63, 3.8) is 0 Å². The van der Waals surface area contributed by atoms with Crippen molar-refractivity contribution < 1.29 is 14.6 Å². The lowest BCUT2D eigenvalue weighted by Gasteiger charge is -2.22. The lowest BCUT2D eigenvalue weighted by molar-refractivity contribution is -0.139. The average molecular weight is 189 g/mol. The van der Waals surface area contributed by atoms with Crippen molar-refractivity contribution >= 4 is 5.91 Å². The summed E-state index contributed by atoms with van der Waals surface area (Å²) in [5.41, 5.74) is -0.826. The minimum absolute atomic E-state index is 0.206. The molecule has 0 spiro atoms. The number of aliphatic hydroxyl groups excluding tert-OH is 1. The van der Waals surface area contributed by atoms with Gasteiger partial charge in [-0.05, 0) is 20.3 Å². The highest BCUT2D eigenvalue weighted by atomic mass is 16.5. The van der Waals surface area contributed by atoms with Crippen LogP contribution in [0.4, 0.5) is 0 Å². The summed E-state index contributed by atoms with van der Waals surface area (Å²) in [6.45, 7) is 5.50. The highest BCUT2D eigenvalue weighted by Gasteiger charge is 2.26. The Bertz CT molecular complexity index is 168. The standard InChI is InChI=1S/C9H19NO3/c1-5-7(11)6-10-8(12)9(2,3)13-4/h7,11H,5-6H2,1-4H3,(H,10,12). The van der Waals surface area contributed by atoms with Gasteiger partial charge in [0.25, 0.3) is 5.91 Å². The van der Waals surface area contributed by atoms with Crippen LogP contribution in [0.3, 0.4) is 0 Å². The van der Waals surface area contributed by atoms with Crippen LogP contribution < -0.4 is 5.32 Å². The first kappa shape index (κ1) is 12.4. The zero-order valence-corrected chi connectivity index (χ0v) is 8.76. The van der Waals surface area contributed by atoms with Crippen LogP contribution in [0.1, 0.15) is 27.2 Å². The number of carbonyl (C=O) groups is 1. The van der Waals surface area contributed by atoms with E-state index >= 15 is 0 Å². The first-order valence-corrected chi connectivity index (χ1v) is 4.45. The molecule has 0 aromatic heterocycles. The highest BCUT2D eigenvalue weighted by Crippen LogP contribution is 2.06. The van der Waals surface area contributed by atoms with Crippen LogP contribution in [0.25, 0.3) is 0 Å². The fourth-order valence-electron chi connectivity index (χ4n) is 0.660. The number of ether oxygens (including phenoxy) is 1. The van der Waals surface area contributed by atoms with Crippen molar-refractivity contribution in [3.05, 3.63) is 0 Å². The van der Waals surface area contributed by atoms with E-state index in [0.717, 1.165) is 0 Å². The van der Waals surface area contributed by atoms with Gasteiger partial charge in [-0.3, -0.25) is 4.79 Å². The zero-order valence-electron chi connectivity index (χ0n) is 8.76. The van der Waals surface area contributed by atoms with Gasteiger partial charge in [0, 0.05) is 13.7 Å². The second-order valence-corrected chi connectivity index (χ2v) is 3.49. The van der Waals surface area contributed by atoms with Crippen LogP contribution in [0.15, 0.2) is 0 Å². The number of aliphatic hydroxyl groups is 1.